The molecule has 0 amide bonds. The van der Waals surface area contributed by atoms with Crippen molar-refractivity contribution in [1.82, 2.24) is 14.5 Å². The molecule has 0 radical (unpaired) electrons. The summed E-state index contributed by atoms with van der Waals surface area (Å²) in [4.78, 5) is 23.5. The number of aryl methyl sites for hydroxylation is 1. The third-order valence-electron chi connectivity index (χ3n) is 3.90. The highest BCUT2D eigenvalue weighted by Crippen LogP contribution is 2.26. The predicted octanol–water partition coefficient (Wildman–Crippen LogP) is 0.854. The third kappa shape index (κ3) is 3.45. The zero-order chi connectivity index (χ0) is 19.9. The van der Waals surface area contributed by atoms with Crippen LogP contribution in [0.2, 0.25) is 0 Å². The van der Waals surface area contributed by atoms with Crippen LogP contribution in [0.4, 0.5) is 17.5 Å². The average molecular weight is 392 g/mol. The van der Waals surface area contributed by atoms with Gasteiger partial charge in [0.2, 0.25) is 5.95 Å². The molecule has 2 heterocycles. The van der Waals surface area contributed by atoms with Gasteiger partial charge in [0, 0.05) is 35.2 Å². The molecular formula is C16H20N6O4S. The maximum Gasteiger partial charge on any atom is 0.419 e. The second-order valence-electron chi connectivity index (χ2n) is 6.36. The van der Waals surface area contributed by atoms with E-state index in [0.29, 0.717) is 22.9 Å². The molecule has 3 aromatic rings. The molecular weight excluding hydrogens is 372 g/mol. The van der Waals surface area contributed by atoms with Crippen LogP contribution in [-0.2, 0) is 17.1 Å². The molecule has 0 saturated carbocycles. The van der Waals surface area contributed by atoms with Gasteiger partial charge in [0.25, 0.3) is 10.0 Å². The van der Waals surface area contributed by atoms with Gasteiger partial charge in [0.1, 0.15) is 5.69 Å². The first-order chi connectivity index (χ1) is 12.6. The van der Waals surface area contributed by atoms with Crippen LogP contribution >= 0.6 is 0 Å². The van der Waals surface area contributed by atoms with Crippen molar-refractivity contribution in [3.63, 3.8) is 0 Å². The molecule has 1 N–H and O–H groups in total. The Kier molecular flexibility index (Phi) is 4.56. The van der Waals surface area contributed by atoms with Gasteiger partial charge in [-0.05, 0) is 18.2 Å². The number of aromatic nitrogens is 3. The van der Waals surface area contributed by atoms with Crippen molar-refractivity contribution in [2.45, 2.75) is 4.90 Å². The standard InChI is InChI=1S/C16H20N6O4S/c1-20(2)14-11(9-17-15(18-14)21(3)4)19-27(24,25)10-6-7-13-12(8-10)22(5)16(23)26-13/h6-9,19H,1-5H3. The van der Waals surface area contributed by atoms with Gasteiger partial charge in [-0.25, -0.2) is 18.2 Å². The minimum Gasteiger partial charge on any atom is -0.408 e. The first-order valence-corrected chi connectivity index (χ1v) is 9.42. The molecule has 3 rings (SSSR count). The van der Waals surface area contributed by atoms with Crippen LogP contribution in [0.15, 0.2) is 38.5 Å². The van der Waals surface area contributed by atoms with Crippen LogP contribution in [0.3, 0.4) is 0 Å². The van der Waals surface area contributed by atoms with E-state index in [1.54, 1.807) is 38.0 Å². The minimum atomic E-state index is -3.93. The molecule has 1 aromatic carbocycles. The fraction of sp³-hybridized carbons (Fsp3) is 0.312. The van der Waals surface area contributed by atoms with Gasteiger partial charge in [0.05, 0.1) is 16.6 Å². The molecule has 0 fully saturated rings. The smallest absolute Gasteiger partial charge is 0.408 e. The van der Waals surface area contributed by atoms with Gasteiger partial charge in [0.15, 0.2) is 11.4 Å². The van der Waals surface area contributed by atoms with Crippen LogP contribution in [-0.4, -0.2) is 51.1 Å². The number of hydrogen-bond acceptors (Lipinski definition) is 8. The summed E-state index contributed by atoms with van der Waals surface area (Å²) < 4.78 is 34.5. The van der Waals surface area contributed by atoms with E-state index in [1.807, 2.05) is 0 Å². The average Bonchev–Trinajstić information content (AvgIpc) is 2.88. The minimum absolute atomic E-state index is 0.00667. The normalized spacial score (nSPS) is 11.6. The Morgan fingerprint density at radius 1 is 1.15 bits per heavy atom. The molecule has 2 aromatic heterocycles. The van der Waals surface area contributed by atoms with E-state index in [0.717, 1.165) is 0 Å². The molecule has 0 atom stereocenters. The summed E-state index contributed by atoms with van der Waals surface area (Å²) in [6.07, 6.45) is 1.42. The van der Waals surface area contributed by atoms with Crippen LogP contribution < -0.4 is 20.3 Å². The van der Waals surface area contributed by atoms with Crippen LogP contribution in [0, 0.1) is 0 Å². The quantitative estimate of drug-likeness (QED) is 0.680. The van der Waals surface area contributed by atoms with Crippen molar-refractivity contribution in [3.05, 3.63) is 34.9 Å². The molecule has 0 aliphatic rings. The van der Waals surface area contributed by atoms with E-state index in [2.05, 4.69) is 14.7 Å². The largest absolute Gasteiger partial charge is 0.419 e. The predicted molar refractivity (Wildman–Crippen MR) is 103 cm³/mol. The lowest BCUT2D eigenvalue weighted by molar-refractivity contribution is 0.528. The number of rotatable bonds is 5. The first-order valence-electron chi connectivity index (χ1n) is 7.94. The summed E-state index contributed by atoms with van der Waals surface area (Å²) in [7, 11) is 4.68. The van der Waals surface area contributed by atoms with Crippen LogP contribution in [0.5, 0.6) is 0 Å². The van der Waals surface area contributed by atoms with Gasteiger partial charge < -0.3 is 14.2 Å². The number of benzene rings is 1. The van der Waals surface area contributed by atoms with Gasteiger partial charge in [-0.1, -0.05) is 0 Å². The van der Waals surface area contributed by atoms with E-state index in [-0.39, 0.29) is 10.6 Å². The number of nitrogens with one attached hydrogen (secondary N) is 1. The number of nitrogens with zero attached hydrogens (tertiary/aromatic N) is 5. The number of oxazole rings is 1. The van der Waals surface area contributed by atoms with Crippen LogP contribution in [0.1, 0.15) is 0 Å². The van der Waals surface area contributed by atoms with Gasteiger partial charge in [-0.3, -0.25) is 9.29 Å². The maximum absolute atomic E-state index is 12.8. The Morgan fingerprint density at radius 3 is 2.48 bits per heavy atom. The summed E-state index contributed by atoms with van der Waals surface area (Å²) in [6.45, 7) is 0. The molecule has 0 aliphatic carbocycles. The molecule has 27 heavy (non-hydrogen) atoms. The Bertz CT molecular complexity index is 1160. The highest BCUT2D eigenvalue weighted by Gasteiger charge is 2.20. The summed E-state index contributed by atoms with van der Waals surface area (Å²) in [6, 6.07) is 4.20. The molecule has 11 heteroatoms. The van der Waals surface area contributed by atoms with E-state index < -0.39 is 15.8 Å². The van der Waals surface area contributed by atoms with E-state index in [9.17, 15) is 13.2 Å². The molecule has 10 nitrogen and oxygen atoms in total. The van der Waals surface area contributed by atoms with Crippen molar-refractivity contribution >= 4 is 38.6 Å². The third-order valence-corrected chi connectivity index (χ3v) is 5.26. The fourth-order valence-corrected chi connectivity index (χ4v) is 3.53. The Balaban J connectivity index is 2.04. The van der Waals surface area contributed by atoms with Crippen molar-refractivity contribution < 1.29 is 12.8 Å². The van der Waals surface area contributed by atoms with Crippen molar-refractivity contribution in [2.24, 2.45) is 7.05 Å². The lowest BCUT2D eigenvalue weighted by atomic mass is 10.3. The second kappa shape index (κ2) is 6.58. The summed E-state index contributed by atoms with van der Waals surface area (Å²) in [5.41, 5.74) is 0.941. The topological polar surface area (TPSA) is 114 Å². The first kappa shape index (κ1) is 18.7. The molecule has 0 spiro atoms. The van der Waals surface area contributed by atoms with E-state index in [1.165, 1.54) is 36.0 Å². The highest BCUT2D eigenvalue weighted by atomic mass is 32.2. The number of anilines is 3. The summed E-state index contributed by atoms with van der Waals surface area (Å²) in [5.74, 6) is 0.320. The van der Waals surface area contributed by atoms with Crippen molar-refractivity contribution in [2.75, 3.05) is 42.7 Å². The van der Waals surface area contributed by atoms with Gasteiger partial charge in [-0.15, -0.1) is 0 Å². The van der Waals surface area contributed by atoms with E-state index in [4.69, 9.17) is 4.42 Å². The molecule has 0 unspecified atom stereocenters. The molecule has 0 bridgehead atoms. The number of sulfonamides is 1. The SMILES string of the molecule is CN(C)c1ncc(NS(=O)(=O)c2ccc3oc(=O)n(C)c3c2)c(N(C)C)n1. The molecule has 144 valence electrons. The molecule has 0 aliphatic heterocycles. The zero-order valence-electron chi connectivity index (χ0n) is 15.6. The highest BCUT2D eigenvalue weighted by molar-refractivity contribution is 7.92. The molecule has 0 saturated heterocycles. The maximum atomic E-state index is 12.8. The lowest BCUT2D eigenvalue weighted by Gasteiger charge is -2.19. The Labute approximate surface area is 156 Å². The Hall–Kier alpha value is -3.08. The van der Waals surface area contributed by atoms with Gasteiger partial charge in [-0.2, -0.15) is 4.98 Å². The number of hydrogen-bond donors (Lipinski definition) is 1. The van der Waals surface area contributed by atoms with E-state index >= 15 is 0 Å². The van der Waals surface area contributed by atoms with Gasteiger partial charge >= 0.3 is 5.76 Å². The fourth-order valence-electron chi connectivity index (χ4n) is 2.47. The summed E-state index contributed by atoms with van der Waals surface area (Å²) in [5, 5.41) is 0. The van der Waals surface area contributed by atoms with Crippen LogP contribution in [0.25, 0.3) is 11.1 Å². The zero-order valence-corrected chi connectivity index (χ0v) is 16.4. The number of fused-ring (bicyclic) bond motifs is 1. The van der Waals surface area contributed by atoms with Crippen molar-refractivity contribution in [3.8, 4) is 0 Å². The summed E-state index contributed by atoms with van der Waals surface area (Å²) >= 11 is 0. The van der Waals surface area contributed by atoms with Crippen molar-refractivity contribution in [1.29, 1.82) is 0 Å². The Morgan fingerprint density at radius 2 is 1.85 bits per heavy atom. The second-order valence-corrected chi connectivity index (χ2v) is 8.04. The lowest BCUT2D eigenvalue weighted by Crippen LogP contribution is -2.21. The monoisotopic (exact) mass is 392 g/mol.